The monoisotopic (exact) mass is 464 g/mol. The van der Waals surface area contributed by atoms with Crippen molar-refractivity contribution in [2.75, 3.05) is 17.7 Å². The van der Waals surface area contributed by atoms with Gasteiger partial charge in [0.1, 0.15) is 0 Å². The molecule has 2 aromatic carbocycles. The summed E-state index contributed by atoms with van der Waals surface area (Å²) in [6, 6.07) is 12.1. The van der Waals surface area contributed by atoms with E-state index in [4.69, 9.17) is 4.74 Å². The zero-order valence-corrected chi connectivity index (χ0v) is 16.7. The molecule has 2 aromatic rings. The zero-order valence-electron chi connectivity index (χ0n) is 14.5. The van der Waals surface area contributed by atoms with Crippen LogP contribution < -0.4 is 10.6 Å². The molecular formula is C20H21IN2O3. The summed E-state index contributed by atoms with van der Waals surface area (Å²) in [7, 11) is 1.83. The molecule has 0 spiro atoms. The third kappa shape index (κ3) is 4.24. The van der Waals surface area contributed by atoms with Crippen LogP contribution in [-0.2, 0) is 33.8 Å². The number of hydrogen-bond acceptors (Lipinski definition) is 4. The minimum absolute atomic E-state index is 0.127. The fourth-order valence-corrected chi connectivity index (χ4v) is 4.26. The van der Waals surface area contributed by atoms with Gasteiger partial charge in [0.05, 0.1) is 24.1 Å². The SMILES string of the molecule is CNc1c(NC(=O)C=O)cc(I)c2c1CC(OCc1ccccc1)CC2. The Balaban J connectivity index is 1.81. The first-order valence-electron chi connectivity index (χ1n) is 8.56. The van der Waals surface area contributed by atoms with Gasteiger partial charge in [-0.3, -0.25) is 9.59 Å². The van der Waals surface area contributed by atoms with E-state index in [0.717, 1.165) is 39.6 Å². The zero-order chi connectivity index (χ0) is 18.5. The fourth-order valence-electron chi connectivity index (χ4n) is 3.35. The minimum atomic E-state index is -0.648. The first-order valence-corrected chi connectivity index (χ1v) is 9.64. The molecule has 0 saturated heterocycles. The number of nitrogens with one attached hydrogen (secondary N) is 2. The molecule has 0 aromatic heterocycles. The number of carbonyl (C=O) groups excluding carboxylic acids is 2. The molecule has 0 bridgehead atoms. The highest BCUT2D eigenvalue weighted by Gasteiger charge is 2.25. The van der Waals surface area contributed by atoms with Crippen LogP contribution in [0.3, 0.4) is 0 Å². The Bertz CT molecular complexity index is 808. The van der Waals surface area contributed by atoms with Gasteiger partial charge < -0.3 is 15.4 Å². The quantitative estimate of drug-likeness (QED) is 0.390. The molecule has 5 nitrogen and oxygen atoms in total. The number of fused-ring (bicyclic) bond motifs is 1. The van der Waals surface area contributed by atoms with E-state index >= 15 is 0 Å². The van der Waals surface area contributed by atoms with Crippen molar-refractivity contribution in [3.8, 4) is 0 Å². The molecular weight excluding hydrogens is 443 g/mol. The number of amides is 1. The van der Waals surface area contributed by atoms with E-state index in [1.807, 2.05) is 31.3 Å². The second-order valence-corrected chi connectivity index (χ2v) is 7.42. The van der Waals surface area contributed by atoms with Gasteiger partial charge in [0.15, 0.2) is 0 Å². The minimum Gasteiger partial charge on any atom is -0.386 e. The second-order valence-electron chi connectivity index (χ2n) is 6.26. The smallest absolute Gasteiger partial charge is 0.288 e. The van der Waals surface area contributed by atoms with Crippen molar-refractivity contribution < 1.29 is 14.3 Å². The molecule has 26 heavy (non-hydrogen) atoms. The van der Waals surface area contributed by atoms with Crippen LogP contribution in [0.2, 0.25) is 0 Å². The first-order chi connectivity index (χ1) is 12.6. The van der Waals surface area contributed by atoms with Gasteiger partial charge in [-0.1, -0.05) is 30.3 Å². The van der Waals surface area contributed by atoms with E-state index in [1.54, 1.807) is 0 Å². The maximum Gasteiger partial charge on any atom is 0.288 e. The highest BCUT2D eigenvalue weighted by atomic mass is 127. The van der Waals surface area contributed by atoms with E-state index in [0.29, 0.717) is 12.3 Å². The molecule has 1 amide bonds. The lowest BCUT2D eigenvalue weighted by Crippen LogP contribution is -2.25. The third-order valence-corrected chi connectivity index (χ3v) is 5.55. The van der Waals surface area contributed by atoms with Crippen LogP contribution in [0.25, 0.3) is 0 Å². The van der Waals surface area contributed by atoms with Gasteiger partial charge in [-0.2, -0.15) is 0 Å². The summed E-state index contributed by atoms with van der Waals surface area (Å²) in [6.45, 7) is 0.592. The number of rotatable bonds is 6. The van der Waals surface area contributed by atoms with E-state index < -0.39 is 5.91 Å². The number of ether oxygens (including phenoxy) is 1. The molecule has 6 heteroatoms. The van der Waals surface area contributed by atoms with Crippen molar-refractivity contribution >= 4 is 46.2 Å². The van der Waals surface area contributed by atoms with Crippen molar-refractivity contribution in [2.24, 2.45) is 0 Å². The molecule has 0 fully saturated rings. The Labute approximate surface area is 166 Å². The van der Waals surface area contributed by atoms with E-state index in [2.05, 4.69) is 45.4 Å². The van der Waals surface area contributed by atoms with Crippen LogP contribution in [-0.4, -0.2) is 25.3 Å². The molecule has 3 rings (SSSR count). The maximum absolute atomic E-state index is 11.5. The van der Waals surface area contributed by atoms with Crippen LogP contribution >= 0.6 is 22.6 Å². The summed E-state index contributed by atoms with van der Waals surface area (Å²) in [5.41, 5.74) is 5.11. The van der Waals surface area contributed by atoms with Crippen LogP contribution in [0.4, 0.5) is 11.4 Å². The van der Waals surface area contributed by atoms with E-state index in [1.165, 1.54) is 5.56 Å². The lowest BCUT2D eigenvalue weighted by atomic mass is 9.87. The topological polar surface area (TPSA) is 67.4 Å². The Morgan fingerprint density at radius 1 is 1.31 bits per heavy atom. The molecule has 0 radical (unpaired) electrons. The molecule has 0 heterocycles. The number of aldehydes is 1. The number of anilines is 2. The molecule has 1 unspecified atom stereocenters. The van der Waals surface area contributed by atoms with Crippen LogP contribution in [0.1, 0.15) is 23.1 Å². The Hall–Kier alpha value is -1.93. The van der Waals surface area contributed by atoms with Crippen molar-refractivity contribution in [1.29, 1.82) is 0 Å². The van der Waals surface area contributed by atoms with Gasteiger partial charge in [0.25, 0.3) is 5.91 Å². The summed E-state index contributed by atoms with van der Waals surface area (Å²) in [5.74, 6) is -0.648. The Kier molecular flexibility index (Phi) is 6.26. The summed E-state index contributed by atoms with van der Waals surface area (Å²) >= 11 is 2.29. The van der Waals surface area contributed by atoms with Crippen molar-refractivity contribution in [3.05, 3.63) is 56.7 Å². The summed E-state index contributed by atoms with van der Waals surface area (Å²) in [4.78, 5) is 22.2. The van der Waals surface area contributed by atoms with Crippen molar-refractivity contribution in [3.63, 3.8) is 0 Å². The molecule has 1 atom stereocenters. The molecule has 1 aliphatic rings. The Morgan fingerprint density at radius 2 is 2.08 bits per heavy atom. The summed E-state index contributed by atoms with van der Waals surface area (Å²) in [5, 5.41) is 5.84. The predicted octanol–water partition coefficient (Wildman–Crippen LogP) is 3.54. The lowest BCUT2D eigenvalue weighted by Gasteiger charge is -2.29. The second kappa shape index (κ2) is 8.64. The van der Waals surface area contributed by atoms with Gasteiger partial charge in [-0.25, -0.2) is 0 Å². The van der Waals surface area contributed by atoms with Gasteiger partial charge in [-0.15, -0.1) is 0 Å². The average molecular weight is 464 g/mol. The Morgan fingerprint density at radius 3 is 2.77 bits per heavy atom. The number of halogens is 1. The van der Waals surface area contributed by atoms with Gasteiger partial charge in [0.2, 0.25) is 6.29 Å². The van der Waals surface area contributed by atoms with Crippen LogP contribution in [0.5, 0.6) is 0 Å². The number of carbonyl (C=O) groups is 2. The normalized spacial score (nSPS) is 15.8. The van der Waals surface area contributed by atoms with Crippen molar-refractivity contribution in [1.82, 2.24) is 0 Å². The lowest BCUT2D eigenvalue weighted by molar-refractivity contribution is -0.127. The predicted molar refractivity (Wildman–Crippen MR) is 110 cm³/mol. The number of hydrogen-bond donors (Lipinski definition) is 2. The van der Waals surface area contributed by atoms with E-state index in [-0.39, 0.29) is 12.4 Å². The van der Waals surface area contributed by atoms with Crippen LogP contribution in [0, 0.1) is 3.57 Å². The molecule has 2 N–H and O–H groups in total. The molecule has 0 saturated carbocycles. The summed E-state index contributed by atoms with van der Waals surface area (Å²) < 4.78 is 7.23. The highest BCUT2D eigenvalue weighted by molar-refractivity contribution is 14.1. The largest absolute Gasteiger partial charge is 0.386 e. The van der Waals surface area contributed by atoms with E-state index in [9.17, 15) is 9.59 Å². The van der Waals surface area contributed by atoms with Gasteiger partial charge in [0, 0.05) is 17.0 Å². The standard InChI is InChI=1S/C20H21IN2O3/c1-22-20-16-9-14(26-12-13-5-3-2-4-6-13)7-8-15(16)17(21)10-18(20)23-19(25)11-24/h2-6,10-11,14,22H,7-9,12H2,1H3,(H,23,25). The summed E-state index contributed by atoms with van der Waals surface area (Å²) in [6.07, 6.45) is 3.10. The fraction of sp³-hybridized carbons (Fsp3) is 0.300. The first kappa shape index (κ1) is 18.8. The maximum atomic E-state index is 11.5. The third-order valence-electron chi connectivity index (χ3n) is 4.59. The highest BCUT2D eigenvalue weighted by Crippen LogP contribution is 2.38. The number of benzene rings is 2. The van der Waals surface area contributed by atoms with Gasteiger partial charge >= 0.3 is 0 Å². The van der Waals surface area contributed by atoms with Crippen molar-refractivity contribution in [2.45, 2.75) is 32.0 Å². The van der Waals surface area contributed by atoms with Crippen LogP contribution in [0.15, 0.2) is 36.4 Å². The molecule has 0 aliphatic heterocycles. The average Bonchev–Trinajstić information content (AvgIpc) is 2.67. The molecule has 1 aliphatic carbocycles. The molecule has 136 valence electrons. The van der Waals surface area contributed by atoms with Gasteiger partial charge in [-0.05, 0) is 58.2 Å².